The topological polar surface area (TPSA) is 23.8 Å². The summed E-state index contributed by atoms with van der Waals surface area (Å²) < 4.78 is 0. The van der Waals surface area contributed by atoms with Gasteiger partial charge in [-0.05, 0) is 6.92 Å². The molecular formula is C20H29NSiTi-2. The smallest absolute Gasteiger partial charge is 0.0752 e. The monoisotopic (exact) mass is 359 g/mol. The Labute approximate surface area is 160 Å². The van der Waals surface area contributed by atoms with Crippen molar-refractivity contribution in [1.29, 1.82) is 0 Å². The molecule has 3 heteroatoms. The zero-order valence-corrected chi connectivity index (χ0v) is 18.4. The quantitative estimate of drug-likeness (QED) is 0.496. The summed E-state index contributed by atoms with van der Waals surface area (Å²) in [6.45, 7) is 16.7. The number of rotatable bonds is 2. The molecule has 1 aromatic carbocycles. The second-order valence-electron chi connectivity index (χ2n) is 7.31. The van der Waals surface area contributed by atoms with E-state index in [2.05, 4.69) is 65.0 Å². The van der Waals surface area contributed by atoms with Crippen LogP contribution >= 0.6 is 0 Å². The minimum atomic E-state index is -0.250. The summed E-state index contributed by atoms with van der Waals surface area (Å²) in [6, 6.07) is 8.69. The SMILES string of the molecule is CC(C)(C)[NH-].CC1=[C-]C(C)([Si]c2ccccc2C)C(C)=C1C.[Ti]. The molecule has 1 atom stereocenters. The van der Waals surface area contributed by atoms with Gasteiger partial charge in [0, 0.05) is 21.7 Å². The molecule has 0 saturated heterocycles. The first-order chi connectivity index (χ1) is 9.94. The molecule has 0 fully saturated rings. The first-order valence-electron chi connectivity index (χ1n) is 7.83. The first kappa shape index (κ1) is 22.6. The fourth-order valence-corrected chi connectivity index (χ4v) is 3.95. The average Bonchev–Trinajstić information content (AvgIpc) is 2.55. The first-order valence-corrected chi connectivity index (χ1v) is 8.83. The summed E-state index contributed by atoms with van der Waals surface area (Å²) in [5, 5.41) is 1.57. The number of nitrogens with one attached hydrogen (secondary N) is 1. The van der Waals surface area contributed by atoms with Crippen LogP contribution in [0.3, 0.4) is 0 Å². The Bertz CT molecular complexity index is 590. The van der Waals surface area contributed by atoms with E-state index in [1.165, 1.54) is 27.5 Å². The van der Waals surface area contributed by atoms with Crippen LogP contribution in [0.4, 0.5) is 0 Å². The Hall–Kier alpha value is -0.409. The number of hydrogen-bond donors (Lipinski definition) is 0. The van der Waals surface area contributed by atoms with Crippen molar-refractivity contribution in [2.45, 2.75) is 66.0 Å². The Morgan fingerprint density at radius 3 is 1.91 bits per heavy atom. The predicted octanol–water partition coefficient (Wildman–Crippen LogP) is 5.44. The number of allylic oxidation sites excluding steroid dienone is 4. The molecule has 0 spiro atoms. The van der Waals surface area contributed by atoms with Crippen LogP contribution in [0.2, 0.25) is 5.04 Å². The standard InChI is InChI=1S/C16H19Si.C4H10N.Ti/c1-11-8-6-7-9-15(11)17-16(5)10-12(2)13(3)14(16)4;1-4(2,3)5;/h6-9H,1-5H3;5H,1-3H3;/q2*-1;. The molecule has 1 aliphatic rings. The fourth-order valence-electron chi connectivity index (χ4n) is 2.33. The van der Waals surface area contributed by atoms with E-state index in [1.807, 2.05) is 20.8 Å². The third-order valence-electron chi connectivity index (χ3n) is 3.84. The molecule has 0 saturated carbocycles. The second kappa shape index (κ2) is 8.62. The second-order valence-corrected chi connectivity index (χ2v) is 9.10. The van der Waals surface area contributed by atoms with Gasteiger partial charge in [0.15, 0.2) is 0 Å². The van der Waals surface area contributed by atoms with Crippen LogP contribution in [0, 0.1) is 13.0 Å². The Morgan fingerprint density at radius 1 is 1.04 bits per heavy atom. The van der Waals surface area contributed by atoms with Crippen LogP contribution in [0.25, 0.3) is 5.73 Å². The van der Waals surface area contributed by atoms with Gasteiger partial charge in [-0.1, -0.05) is 81.6 Å². The van der Waals surface area contributed by atoms with Gasteiger partial charge >= 0.3 is 0 Å². The largest absolute Gasteiger partial charge is 0.673 e. The van der Waals surface area contributed by atoms with Gasteiger partial charge in [0.25, 0.3) is 0 Å². The zero-order chi connectivity index (χ0) is 17.1. The van der Waals surface area contributed by atoms with E-state index in [1.54, 1.807) is 0 Å². The minimum absolute atomic E-state index is 0. The molecule has 1 N–H and O–H groups in total. The summed E-state index contributed by atoms with van der Waals surface area (Å²) in [4.78, 5) is 0. The van der Waals surface area contributed by atoms with Crippen LogP contribution < -0.4 is 5.19 Å². The van der Waals surface area contributed by atoms with E-state index < -0.39 is 0 Å². The van der Waals surface area contributed by atoms with Gasteiger partial charge in [0.1, 0.15) is 0 Å². The summed E-state index contributed by atoms with van der Waals surface area (Å²) in [5.74, 6) is 0. The molecule has 0 heterocycles. The Balaban J connectivity index is 0.000000709. The Morgan fingerprint density at radius 2 is 1.52 bits per heavy atom. The molecule has 23 heavy (non-hydrogen) atoms. The van der Waals surface area contributed by atoms with Gasteiger partial charge in [-0.2, -0.15) is 11.1 Å². The molecular weight excluding hydrogens is 330 g/mol. The number of hydrogen-bond acceptors (Lipinski definition) is 0. The molecule has 0 bridgehead atoms. The van der Waals surface area contributed by atoms with E-state index in [-0.39, 0.29) is 32.3 Å². The van der Waals surface area contributed by atoms with Crippen molar-refractivity contribution in [2.75, 3.05) is 0 Å². The average molecular weight is 359 g/mol. The third kappa shape index (κ3) is 6.93. The van der Waals surface area contributed by atoms with Gasteiger partial charge in [-0.3, -0.25) is 6.08 Å². The minimum Gasteiger partial charge on any atom is -0.673 e. The molecule has 0 aliphatic heterocycles. The Kier molecular flexibility index (Phi) is 8.47. The van der Waals surface area contributed by atoms with Crippen LogP contribution in [0.1, 0.15) is 54.0 Å². The maximum absolute atomic E-state index is 6.94. The normalized spacial score (nSPS) is 20.5. The molecule has 1 aromatic rings. The number of aryl methyl sites for hydroxylation is 1. The van der Waals surface area contributed by atoms with E-state index >= 15 is 0 Å². The van der Waals surface area contributed by atoms with Gasteiger partial charge in [0.2, 0.25) is 0 Å². The van der Waals surface area contributed by atoms with E-state index in [9.17, 15) is 0 Å². The van der Waals surface area contributed by atoms with Crippen molar-refractivity contribution in [3.63, 3.8) is 0 Å². The van der Waals surface area contributed by atoms with Gasteiger partial charge in [0.05, 0.1) is 9.52 Å². The van der Waals surface area contributed by atoms with Crippen LogP contribution in [0.5, 0.6) is 0 Å². The molecule has 2 rings (SSSR count). The van der Waals surface area contributed by atoms with Gasteiger partial charge in [-0.15, -0.1) is 12.5 Å². The summed E-state index contributed by atoms with van der Waals surface area (Å²) >= 11 is 0. The van der Waals surface area contributed by atoms with E-state index in [4.69, 9.17) is 5.73 Å². The van der Waals surface area contributed by atoms with Crippen molar-refractivity contribution in [3.05, 3.63) is 58.4 Å². The number of benzene rings is 1. The molecule has 124 valence electrons. The van der Waals surface area contributed by atoms with Crippen molar-refractivity contribution in [2.24, 2.45) is 0 Å². The van der Waals surface area contributed by atoms with Crippen molar-refractivity contribution >= 4 is 14.7 Å². The van der Waals surface area contributed by atoms with E-state index in [0.717, 1.165) is 9.52 Å². The zero-order valence-electron chi connectivity index (χ0n) is 15.8. The molecule has 1 nitrogen and oxygen atoms in total. The molecule has 1 unspecified atom stereocenters. The molecule has 0 aromatic heterocycles. The molecule has 1 aliphatic carbocycles. The maximum atomic E-state index is 6.94. The third-order valence-corrected chi connectivity index (χ3v) is 5.67. The van der Waals surface area contributed by atoms with Crippen molar-refractivity contribution in [3.8, 4) is 0 Å². The summed E-state index contributed by atoms with van der Waals surface area (Å²) in [6.07, 6.45) is 3.66. The van der Waals surface area contributed by atoms with Crippen molar-refractivity contribution < 1.29 is 21.7 Å². The molecule has 2 radical (unpaired) electrons. The van der Waals surface area contributed by atoms with Gasteiger partial charge in [-0.25, -0.2) is 5.57 Å². The van der Waals surface area contributed by atoms with Crippen LogP contribution in [0.15, 0.2) is 41.0 Å². The van der Waals surface area contributed by atoms with E-state index in [0.29, 0.717) is 0 Å². The van der Waals surface area contributed by atoms with Crippen molar-refractivity contribution in [1.82, 2.24) is 0 Å². The summed E-state index contributed by atoms with van der Waals surface area (Å²) in [7, 11) is 0.772. The summed E-state index contributed by atoms with van der Waals surface area (Å²) in [5.41, 5.74) is 12.3. The van der Waals surface area contributed by atoms with Gasteiger partial charge < -0.3 is 5.73 Å². The van der Waals surface area contributed by atoms with Crippen LogP contribution in [-0.2, 0) is 21.7 Å². The predicted molar refractivity (Wildman–Crippen MR) is 99.8 cm³/mol. The maximum Gasteiger partial charge on any atom is 0.0752 e. The van der Waals surface area contributed by atoms with Crippen LogP contribution in [-0.4, -0.2) is 15.1 Å². The molecule has 0 amide bonds. The fraction of sp³-hybridized carbons (Fsp3) is 0.500.